The van der Waals surface area contributed by atoms with Crippen molar-refractivity contribution in [2.24, 2.45) is 0 Å². The Hall–Kier alpha value is -5.60. The van der Waals surface area contributed by atoms with E-state index in [1.54, 1.807) is 60.7 Å². The third kappa shape index (κ3) is 6.82. The highest BCUT2D eigenvalue weighted by Gasteiger charge is 2.27. The van der Waals surface area contributed by atoms with E-state index in [-0.39, 0.29) is 40.0 Å². The first-order valence-corrected chi connectivity index (χ1v) is 14.8. The van der Waals surface area contributed by atoms with E-state index in [9.17, 15) is 23.1 Å². The molecule has 13 nitrogen and oxygen atoms in total. The Morgan fingerprint density at radius 1 is 0.956 bits per heavy atom. The predicted molar refractivity (Wildman–Crippen MR) is 162 cm³/mol. The minimum Gasteiger partial charge on any atom is -0.497 e. The molecule has 0 bridgehead atoms. The molecule has 0 radical (unpaired) electrons. The van der Waals surface area contributed by atoms with Gasteiger partial charge in [-0.1, -0.05) is 0 Å². The number of hydrogen-bond acceptors (Lipinski definition) is 9. The molecule has 0 aliphatic carbocycles. The Bertz CT molecular complexity index is 1930. The fourth-order valence-corrected chi connectivity index (χ4v) is 5.43. The molecule has 2 aromatic heterocycles. The molecule has 5 rings (SSSR count). The van der Waals surface area contributed by atoms with Crippen molar-refractivity contribution in [1.29, 1.82) is 0 Å². The molecule has 0 spiro atoms. The maximum Gasteiger partial charge on any atom is 0.356 e. The van der Waals surface area contributed by atoms with Crippen LogP contribution in [0.5, 0.6) is 23.1 Å². The number of benzene rings is 3. The molecule has 3 N–H and O–H groups in total. The van der Waals surface area contributed by atoms with Crippen LogP contribution in [-0.4, -0.2) is 49.4 Å². The van der Waals surface area contributed by atoms with Crippen LogP contribution in [0.1, 0.15) is 32.2 Å². The van der Waals surface area contributed by atoms with Gasteiger partial charge >= 0.3 is 5.97 Å². The van der Waals surface area contributed by atoms with Gasteiger partial charge in [0.2, 0.25) is 15.9 Å². The molecule has 0 atom stereocenters. The number of hydrogen-bond donors (Lipinski definition) is 3. The summed E-state index contributed by atoms with van der Waals surface area (Å²) < 4.78 is 52.8. The van der Waals surface area contributed by atoms with Gasteiger partial charge in [-0.2, -0.15) is 9.78 Å². The van der Waals surface area contributed by atoms with Gasteiger partial charge in [-0.05, 0) is 85.8 Å². The van der Waals surface area contributed by atoms with Crippen molar-refractivity contribution in [3.63, 3.8) is 0 Å². The highest BCUT2D eigenvalue weighted by Crippen LogP contribution is 2.36. The number of carbonyl (C=O) groups is 2. The third-order valence-electron chi connectivity index (χ3n) is 6.65. The summed E-state index contributed by atoms with van der Waals surface area (Å²) in [5.74, 6) is -0.475. The lowest BCUT2D eigenvalue weighted by molar-refractivity contribution is 0.0689. The van der Waals surface area contributed by atoms with Crippen molar-refractivity contribution < 1.29 is 41.7 Å². The van der Waals surface area contributed by atoms with E-state index in [4.69, 9.17) is 18.6 Å². The first-order chi connectivity index (χ1) is 21.6. The first kappa shape index (κ1) is 30.8. The van der Waals surface area contributed by atoms with Gasteiger partial charge in [-0.25, -0.2) is 17.9 Å². The number of ether oxygens (including phenoxy) is 3. The Morgan fingerprint density at radius 2 is 1.62 bits per heavy atom. The lowest BCUT2D eigenvalue weighted by atomic mass is 10.2. The predicted octanol–water partition coefficient (Wildman–Crippen LogP) is 5.01. The molecule has 5 aromatic rings. The van der Waals surface area contributed by atoms with Crippen LogP contribution >= 0.6 is 0 Å². The number of furan rings is 1. The van der Waals surface area contributed by atoms with Crippen LogP contribution in [0.15, 0.2) is 94.4 Å². The maximum atomic E-state index is 13.7. The Balaban J connectivity index is 1.55. The quantitative estimate of drug-likeness (QED) is 0.170. The van der Waals surface area contributed by atoms with Gasteiger partial charge in [-0.15, -0.1) is 0 Å². The average Bonchev–Trinajstić information content (AvgIpc) is 3.69. The second-order valence-electron chi connectivity index (χ2n) is 9.54. The number of aromatic nitrogens is 2. The molecule has 232 valence electrons. The fraction of sp³-hybridized carbons (Fsp3) is 0.129. The molecule has 1 amide bonds. The van der Waals surface area contributed by atoms with E-state index < -0.39 is 21.9 Å². The summed E-state index contributed by atoms with van der Waals surface area (Å²) in [7, 11) is -1.28. The highest BCUT2D eigenvalue weighted by atomic mass is 32.2. The van der Waals surface area contributed by atoms with Gasteiger partial charge < -0.3 is 29.1 Å². The number of rotatable bonds is 12. The Kier molecular flexibility index (Phi) is 8.88. The molecule has 0 fully saturated rings. The number of amides is 1. The van der Waals surface area contributed by atoms with Gasteiger partial charge in [-0.3, -0.25) is 4.79 Å². The lowest BCUT2D eigenvalue weighted by Crippen LogP contribution is -2.24. The number of anilines is 1. The molecule has 2 heterocycles. The summed E-state index contributed by atoms with van der Waals surface area (Å²) in [5, 5.41) is 16.7. The smallest absolute Gasteiger partial charge is 0.356 e. The summed E-state index contributed by atoms with van der Waals surface area (Å²) in [6, 6.07) is 20.3. The van der Waals surface area contributed by atoms with E-state index in [0.29, 0.717) is 28.5 Å². The lowest BCUT2D eigenvalue weighted by Gasteiger charge is -2.16. The van der Waals surface area contributed by atoms with Crippen LogP contribution in [0.25, 0.3) is 5.69 Å². The van der Waals surface area contributed by atoms with Gasteiger partial charge in [0, 0.05) is 16.8 Å². The molecular weight excluding hydrogens is 604 g/mol. The zero-order valence-corrected chi connectivity index (χ0v) is 25.1. The Morgan fingerprint density at radius 3 is 2.22 bits per heavy atom. The molecule has 3 aromatic carbocycles. The SMILES string of the molecule is COc1ccc(C(=O)Nc2ccc(Oc3c(C)c(C(=O)O)nn3-c3ccc(OC)cc3)c(S(=O)(=O)NCc3ccco3)c2)cc1. The second-order valence-corrected chi connectivity index (χ2v) is 11.3. The van der Waals surface area contributed by atoms with E-state index >= 15 is 0 Å². The molecule has 0 aliphatic heterocycles. The summed E-state index contributed by atoms with van der Waals surface area (Å²) in [5.41, 5.74) is 0.779. The van der Waals surface area contributed by atoms with Gasteiger partial charge in [0.25, 0.3) is 5.91 Å². The number of carboxylic acid groups (broad SMARTS) is 1. The molecule has 45 heavy (non-hydrogen) atoms. The molecular formula is C31H28N4O9S. The van der Waals surface area contributed by atoms with E-state index in [1.165, 1.54) is 50.3 Å². The minimum atomic E-state index is -4.29. The summed E-state index contributed by atoms with van der Waals surface area (Å²) in [6.07, 6.45) is 1.41. The van der Waals surface area contributed by atoms with Crippen LogP contribution < -0.4 is 24.2 Å². The normalized spacial score (nSPS) is 11.2. The van der Waals surface area contributed by atoms with E-state index in [0.717, 1.165) is 0 Å². The number of nitrogens with one attached hydrogen (secondary N) is 2. The number of carboxylic acids is 1. The van der Waals surface area contributed by atoms with Crippen molar-refractivity contribution in [3.8, 4) is 28.8 Å². The third-order valence-corrected chi connectivity index (χ3v) is 8.08. The van der Waals surface area contributed by atoms with Crippen molar-refractivity contribution in [2.45, 2.75) is 18.4 Å². The molecule has 14 heteroatoms. The molecule has 0 aliphatic rings. The number of nitrogens with zero attached hydrogens (tertiary/aromatic N) is 2. The summed E-state index contributed by atoms with van der Waals surface area (Å²) in [6.45, 7) is 1.34. The molecule has 0 saturated heterocycles. The topological polar surface area (TPSA) is 171 Å². The van der Waals surface area contributed by atoms with Crippen molar-refractivity contribution >= 4 is 27.6 Å². The largest absolute Gasteiger partial charge is 0.497 e. The van der Waals surface area contributed by atoms with Crippen molar-refractivity contribution in [2.75, 3.05) is 19.5 Å². The Labute approximate surface area is 258 Å². The standard InChI is InChI=1S/C31H28N4O9S/c1-19-28(31(37)38)34-35(22-9-13-24(42-3)14-10-22)30(19)44-26-15-8-21(33-29(36)20-6-11-23(41-2)12-7-20)17-27(26)45(39,40)32-18-25-5-4-16-43-25/h4-17,32H,18H2,1-3H3,(H,33,36)(H,37,38). The zero-order valence-electron chi connectivity index (χ0n) is 24.3. The number of aromatic carboxylic acids is 1. The fourth-order valence-electron chi connectivity index (χ4n) is 4.29. The van der Waals surface area contributed by atoms with Crippen LogP contribution in [0.4, 0.5) is 5.69 Å². The minimum absolute atomic E-state index is 0.0323. The average molecular weight is 633 g/mol. The number of methoxy groups -OCH3 is 2. The summed E-state index contributed by atoms with van der Waals surface area (Å²) >= 11 is 0. The van der Waals surface area contributed by atoms with Gasteiger partial charge in [0.1, 0.15) is 27.9 Å². The first-order valence-electron chi connectivity index (χ1n) is 13.4. The van der Waals surface area contributed by atoms with E-state index in [2.05, 4.69) is 15.1 Å². The monoisotopic (exact) mass is 632 g/mol. The molecule has 0 unspecified atom stereocenters. The summed E-state index contributed by atoms with van der Waals surface area (Å²) in [4.78, 5) is 24.6. The van der Waals surface area contributed by atoms with Crippen LogP contribution in [-0.2, 0) is 16.6 Å². The van der Waals surface area contributed by atoms with Gasteiger partial charge in [0.15, 0.2) is 5.69 Å². The van der Waals surface area contributed by atoms with E-state index in [1.807, 2.05) is 0 Å². The van der Waals surface area contributed by atoms with Crippen molar-refractivity contribution in [1.82, 2.24) is 14.5 Å². The maximum absolute atomic E-state index is 13.7. The van der Waals surface area contributed by atoms with Crippen LogP contribution in [0.3, 0.4) is 0 Å². The number of sulfonamides is 1. The zero-order chi connectivity index (χ0) is 32.1. The van der Waals surface area contributed by atoms with Crippen LogP contribution in [0, 0.1) is 6.92 Å². The van der Waals surface area contributed by atoms with Crippen LogP contribution in [0.2, 0.25) is 0 Å². The molecule has 0 saturated carbocycles. The van der Waals surface area contributed by atoms with Crippen molar-refractivity contribution in [3.05, 3.63) is 108 Å². The second kappa shape index (κ2) is 13.0. The number of carbonyl (C=O) groups excluding carboxylic acids is 1. The highest BCUT2D eigenvalue weighted by molar-refractivity contribution is 7.89. The van der Waals surface area contributed by atoms with Gasteiger partial charge in [0.05, 0.1) is 32.7 Å².